The molecule has 0 amide bonds. The molecule has 0 aliphatic rings. The minimum atomic E-state index is -1.10. The van der Waals surface area contributed by atoms with Gasteiger partial charge in [0.05, 0.1) is 22.5 Å². The molecular weight excluding hydrogens is 399 g/mol. The lowest BCUT2D eigenvalue weighted by Gasteiger charge is -2.09. The van der Waals surface area contributed by atoms with Gasteiger partial charge in [-0.2, -0.15) is 5.10 Å². The summed E-state index contributed by atoms with van der Waals surface area (Å²) in [6, 6.07) is 19.5. The Hall–Kier alpha value is -3.02. The van der Waals surface area contributed by atoms with Gasteiger partial charge in [-0.05, 0) is 48.0 Å². The van der Waals surface area contributed by atoms with Crippen molar-refractivity contribution in [2.45, 2.75) is 6.61 Å². The molecule has 3 aromatic rings. The van der Waals surface area contributed by atoms with Crippen molar-refractivity contribution < 1.29 is 14.6 Å². The summed E-state index contributed by atoms with van der Waals surface area (Å²) in [6.45, 7) is 0.397. The van der Waals surface area contributed by atoms with Crippen LogP contribution in [0.3, 0.4) is 0 Å². The van der Waals surface area contributed by atoms with E-state index in [1.165, 1.54) is 12.1 Å². The van der Waals surface area contributed by atoms with E-state index >= 15 is 0 Å². The Morgan fingerprint density at radius 2 is 1.82 bits per heavy atom. The van der Waals surface area contributed by atoms with E-state index < -0.39 is 5.97 Å². The largest absolute Gasteiger partial charge is 0.488 e. The number of benzene rings is 3. The quantitative estimate of drug-likeness (QED) is 0.383. The lowest BCUT2D eigenvalue weighted by atomic mass is 10.2. The Labute approximate surface area is 172 Å². The van der Waals surface area contributed by atoms with E-state index in [1.807, 2.05) is 48.5 Å². The SMILES string of the molecule is O=C(O)c1cc(NN=Cc2ccccc2OCc2ccc(Cl)cc2)ccc1Cl. The van der Waals surface area contributed by atoms with Crippen LogP contribution in [0.2, 0.25) is 10.0 Å². The van der Waals surface area contributed by atoms with Gasteiger partial charge in [0.1, 0.15) is 12.4 Å². The summed E-state index contributed by atoms with van der Waals surface area (Å²) in [5, 5.41) is 14.1. The average Bonchev–Trinajstić information content (AvgIpc) is 2.69. The van der Waals surface area contributed by atoms with Gasteiger partial charge in [-0.15, -0.1) is 0 Å². The molecule has 0 bridgehead atoms. The molecule has 28 heavy (non-hydrogen) atoms. The first-order valence-corrected chi connectivity index (χ1v) is 9.07. The van der Waals surface area contributed by atoms with Gasteiger partial charge >= 0.3 is 5.97 Å². The molecule has 0 aliphatic heterocycles. The van der Waals surface area contributed by atoms with Crippen LogP contribution in [0, 0.1) is 0 Å². The molecular formula is C21H16Cl2N2O3. The van der Waals surface area contributed by atoms with E-state index in [2.05, 4.69) is 10.5 Å². The number of aromatic carboxylic acids is 1. The summed E-state index contributed by atoms with van der Waals surface area (Å²) in [5.74, 6) is -0.427. The Kier molecular flexibility index (Phi) is 6.53. The number of ether oxygens (including phenoxy) is 1. The first-order valence-electron chi connectivity index (χ1n) is 8.31. The molecule has 0 saturated carbocycles. The Balaban J connectivity index is 1.68. The standard InChI is InChI=1S/C21H16Cl2N2O3/c22-16-7-5-14(6-8-16)13-28-20-4-2-1-3-15(20)12-24-25-17-9-10-19(23)18(11-17)21(26)27/h1-12,25H,13H2,(H,26,27). The van der Waals surface area contributed by atoms with Gasteiger partial charge in [-0.25, -0.2) is 4.79 Å². The van der Waals surface area contributed by atoms with E-state index in [0.717, 1.165) is 11.1 Å². The van der Waals surface area contributed by atoms with Crippen LogP contribution < -0.4 is 10.2 Å². The molecule has 5 nitrogen and oxygen atoms in total. The Morgan fingerprint density at radius 3 is 2.57 bits per heavy atom. The van der Waals surface area contributed by atoms with Crippen LogP contribution in [0.1, 0.15) is 21.5 Å². The van der Waals surface area contributed by atoms with Gasteiger partial charge in [0.2, 0.25) is 0 Å². The van der Waals surface area contributed by atoms with Crippen LogP contribution in [0.5, 0.6) is 5.75 Å². The number of halogens is 2. The van der Waals surface area contributed by atoms with E-state index in [9.17, 15) is 4.79 Å². The number of rotatable bonds is 7. The van der Waals surface area contributed by atoms with Crippen molar-refractivity contribution >= 4 is 41.1 Å². The summed E-state index contributed by atoms with van der Waals surface area (Å²) in [5.41, 5.74) is 5.09. The number of hydrazone groups is 1. The van der Waals surface area contributed by atoms with Gasteiger partial charge in [-0.1, -0.05) is 47.5 Å². The third-order valence-electron chi connectivity index (χ3n) is 3.82. The van der Waals surface area contributed by atoms with Gasteiger partial charge < -0.3 is 9.84 Å². The number of anilines is 1. The minimum absolute atomic E-state index is 0.00793. The van der Waals surface area contributed by atoms with Crippen LogP contribution in [0.15, 0.2) is 71.8 Å². The maximum atomic E-state index is 11.1. The number of hydrogen-bond donors (Lipinski definition) is 2. The summed E-state index contributed by atoms with van der Waals surface area (Å²) in [4.78, 5) is 11.1. The van der Waals surface area contributed by atoms with Crippen molar-refractivity contribution in [2.24, 2.45) is 5.10 Å². The van der Waals surface area contributed by atoms with E-state index in [4.69, 9.17) is 33.0 Å². The molecule has 3 rings (SSSR count). The molecule has 0 atom stereocenters. The zero-order valence-corrected chi connectivity index (χ0v) is 16.1. The van der Waals surface area contributed by atoms with E-state index in [-0.39, 0.29) is 10.6 Å². The fourth-order valence-electron chi connectivity index (χ4n) is 2.40. The normalized spacial score (nSPS) is 10.8. The Bertz CT molecular complexity index is 1000. The van der Waals surface area contributed by atoms with E-state index in [1.54, 1.807) is 12.3 Å². The molecule has 0 radical (unpaired) electrons. The first-order chi connectivity index (χ1) is 13.5. The monoisotopic (exact) mass is 414 g/mol. The maximum Gasteiger partial charge on any atom is 0.337 e. The fraction of sp³-hybridized carbons (Fsp3) is 0.0476. The predicted molar refractivity (Wildman–Crippen MR) is 112 cm³/mol. The number of carbonyl (C=O) groups is 1. The number of carboxylic acid groups (broad SMARTS) is 1. The van der Waals surface area contributed by atoms with Crippen molar-refractivity contribution in [3.63, 3.8) is 0 Å². The third-order valence-corrected chi connectivity index (χ3v) is 4.40. The highest BCUT2D eigenvalue weighted by Gasteiger charge is 2.09. The molecule has 142 valence electrons. The molecule has 0 saturated heterocycles. The maximum absolute atomic E-state index is 11.1. The zero-order chi connectivity index (χ0) is 19.9. The molecule has 0 spiro atoms. The van der Waals surface area contributed by atoms with Crippen LogP contribution in [0.4, 0.5) is 5.69 Å². The van der Waals surface area contributed by atoms with E-state index in [0.29, 0.717) is 23.1 Å². The van der Waals surface area contributed by atoms with Gasteiger partial charge in [0, 0.05) is 10.6 Å². The molecule has 7 heteroatoms. The topological polar surface area (TPSA) is 70.9 Å². The number of carboxylic acids is 1. The zero-order valence-electron chi connectivity index (χ0n) is 14.6. The number of para-hydroxylation sites is 1. The van der Waals surface area contributed by atoms with Crippen molar-refractivity contribution in [2.75, 3.05) is 5.43 Å². The molecule has 0 aliphatic carbocycles. The van der Waals surface area contributed by atoms with Gasteiger partial charge in [-0.3, -0.25) is 5.43 Å². The fourth-order valence-corrected chi connectivity index (χ4v) is 2.72. The molecule has 0 unspecified atom stereocenters. The Morgan fingerprint density at radius 1 is 1.07 bits per heavy atom. The third kappa shape index (κ3) is 5.25. The highest BCUT2D eigenvalue weighted by Crippen LogP contribution is 2.21. The number of nitrogens with one attached hydrogen (secondary N) is 1. The van der Waals surface area contributed by atoms with Crippen LogP contribution in [-0.2, 0) is 6.61 Å². The second-order valence-corrected chi connectivity index (χ2v) is 6.67. The number of hydrogen-bond acceptors (Lipinski definition) is 4. The highest BCUT2D eigenvalue weighted by atomic mass is 35.5. The molecule has 0 fully saturated rings. The molecule has 0 aromatic heterocycles. The molecule has 2 N–H and O–H groups in total. The first kappa shape index (κ1) is 19.7. The second kappa shape index (κ2) is 9.26. The lowest BCUT2D eigenvalue weighted by Crippen LogP contribution is -2.00. The average molecular weight is 415 g/mol. The highest BCUT2D eigenvalue weighted by molar-refractivity contribution is 6.33. The van der Waals surface area contributed by atoms with Crippen LogP contribution in [-0.4, -0.2) is 17.3 Å². The molecule has 0 heterocycles. The van der Waals surface area contributed by atoms with Gasteiger partial charge in [0.15, 0.2) is 0 Å². The predicted octanol–water partition coefficient (Wildman–Crippen LogP) is 5.72. The van der Waals surface area contributed by atoms with Crippen molar-refractivity contribution in [3.05, 3.63) is 93.5 Å². The summed E-state index contributed by atoms with van der Waals surface area (Å²) >= 11 is 11.8. The smallest absolute Gasteiger partial charge is 0.337 e. The van der Waals surface area contributed by atoms with Crippen LogP contribution in [0.25, 0.3) is 0 Å². The van der Waals surface area contributed by atoms with Crippen molar-refractivity contribution in [3.8, 4) is 5.75 Å². The lowest BCUT2D eigenvalue weighted by molar-refractivity contribution is 0.0697. The summed E-state index contributed by atoms with van der Waals surface area (Å²) in [6.07, 6.45) is 1.60. The molecule has 3 aromatic carbocycles. The summed E-state index contributed by atoms with van der Waals surface area (Å²) < 4.78 is 5.87. The van der Waals surface area contributed by atoms with Crippen molar-refractivity contribution in [1.29, 1.82) is 0 Å². The minimum Gasteiger partial charge on any atom is -0.488 e. The van der Waals surface area contributed by atoms with Crippen LogP contribution >= 0.6 is 23.2 Å². The summed E-state index contributed by atoms with van der Waals surface area (Å²) in [7, 11) is 0. The number of nitrogens with zero attached hydrogens (tertiary/aromatic N) is 1. The van der Waals surface area contributed by atoms with Crippen molar-refractivity contribution in [1.82, 2.24) is 0 Å². The second-order valence-electron chi connectivity index (χ2n) is 5.82. The van der Waals surface area contributed by atoms with Gasteiger partial charge in [0.25, 0.3) is 0 Å².